The summed E-state index contributed by atoms with van der Waals surface area (Å²) < 4.78 is 11.6. The number of hydrogen-bond acceptors (Lipinski definition) is 2. The number of benzene rings is 1. The van der Waals surface area contributed by atoms with Gasteiger partial charge < -0.3 is 0 Å². The van der Waals surface area contributed by atoms with E-state index in [0.717, 1.165) is 11.5 Å². The number of halogens is 1. The molecule has 0 amide bonds. The van der Waals surface area contributed by atoms with Gasteiger partial charge in [0, 0.05) is 0 Å². The van der Waals surface area contributed by atoms with Crippen molar-refractivity contribution in [2.24, 2.45) is 0 Å². The van der Waals surface area contributed by atoms with Crippen molar-refractivity contribution in [3.05, 3.63) is 18.2 Å². The van der Waals surface area contributed by atoms with Crippen LogP contribution in [0.2, 0.25) is 0 Å². The van der Waals surface area contributed by atoms with E-state index in [0.29, 0.717) is 13.2 Å². The van der Waals surface area contributed by atoms with E-state index in [1.807, 2.05) is 19.9 Å². The molecule has 0 radical (unpaired) electrons. The van der Waals surface area contributed by atoms with E-state index in [1.165, 1.54) is 5.30 Å². The SMILES string of the molecule is CCOc1cc(OCC)cc([PH]([CH](Cl)[Pd])(C(C)(C)C)C(C)(C)C)c1. The van der Waals surface area contributed by atoms with E-state index >= 15 is 0 Å². The van der Waals surface area contributed by atoms with Crippen LogP contribution in [0.4, 0.5) is 0 Å². The predicted octanol–water partition coefficient (Wildman–Crippen LogP) is 5.53. The molecule has 0 saturated carbocycles. The van der Waals surface area contributed by atoms with E-state index in [-0.39, 0.29) is 13.9 Å². The molecule has 0 heterocycles. The fourth-order valence-corrected chi connectivity index (χ4v) is 17.3. The summed E-state index contributed by atoms with van der Waals surface area (Å²) in [6.07, 6.45) is 0. The van der Waals surface area contributed by atoms with Gasteiger partial charge in [-0.2, -0.15) is 0 Å². The van der Waals surface area contributed by atoms with Crippen LogP contribution in [0.3, 0.4) is 0 Å². The first kappa shape index (κ1) is 22.2. The monoisotopic (exact) mass is 465 g/mol. The molecule has 1 rings (SSSR count). The molecule has 0 aromatic heterocycles. The van der Waals surface area contributed by atoms with Crippen molar-refractivity contribution in [1.82, 2.24) is 0 Å². The zero-order valence-electron chi connectivity index (χ0n) is 16.2. The Balaban J connectivity index is 3.76. The van der Waals surface area contributed by atoms with Gasteiger partial charge in [-0.3, -0.25) is 0 Å². The zero-order valence-corrected chi connectivity index (χ0v) is 19.5. The molecule has 0 saturated heterocycles. The van der Waals surface area contributed by atoms with E-state index in [9.17, 15) is 0 Å². The van der Waals surface area contributed by atoms with E-state index < -0.39 is 7.26 Å². The van der Waals surface area contributed by atoms with Gasteiger partial charge >= 0.3 is 165 Å². The molecule has 24 heavy (non-hydrogen) atoms. The third-order valence-corrected chi connectivity index (χ3v) is 14.2. The third kappa shape index (κ3) is 4.30. The quantitative estimate of drug-likeness (QED) is 0.312. The normalized spacial score (nSPS) is 15.1. The Morgan fingerprint density at radius 2 is 1.29 bits per heavy atom. The first-order valence-electron chi connectivity index (χ1n) is 8.57. The van der Waals surface area contributed by atoms with Gasteiger partial charge in [0.2, 0.25) is 0 Å². The van der Waals surface area contributed by atoms with Gasteiger partial charge in [-0.05, 0) is 0 Å². The van der Waals surface area contributed by atoms with Crippen LogP contribution in [0, 0.1) is 0 Å². The topological polar surface area (TPSA) is 18.5 Å². The minimum absolute atomic E-state index is 0.0605. The van der Waals surface area contributed by atoms with Crippen LogP contribution >= 0.6 is 18.9 Å². The average molecular weight is 466 g/mol. The number of ether oxygens (including phenoxy) is 2. The molecule has 1 atom stereocenters. The summed E-state index contributed by atoms with van der Waals surface area (Å²) in [5.74, 6) is 1.72. The average Bonchev–Trinajstić information content (AvgIpc) is 2.35. The fourth-order valence-electron chi connectivity index (χ4n) is 4.01. The van der Waals surface area contributed by atoms with Crippen molar-refractivity contribution < 1.29 is 28.7 Å². The zero-order chi connectivity index (χ0) is 18.8. The van der Waals surface area contributed by atoms with Crippen LogP contribution in [0.5, 0.6) is 11.5 Å². The second-order valence-electron chi connectivity index (χ2n) is 8.14. The summed E-state index contributed by atoms with van der Waals surface area (Å²) in [4.78, 5) is 0. The molecule has 0 aliphatic carbocycles. The van der Waals surface area contributed by atoms with Gasteiger partial charge in [0.1, 0.15) is 0 Å². The molecule has 0 aliphatic heterocycles. The van der Waals surface area contributed by atoms with Gasteiger partial charge in [0.15, 0.2) is 0 Å². The van der Waals surface area contributed by atoms with E-state index in [1.54, 1.807) is 0 Å². The van der Waals surface area contributed by atoms with Crippen LogP contribution < -0.4 is 14.8 Å². The minimum atomic E-state index is -2.23. The maximum atomic E-state index is 6.88. The molecule has 2 nitrogen and oxygen atoms in total. The fraction of sp³-hybridized carbons (Fsp3) is 0.684. The first-order valence-corrected chi connectivity index (χ1v) is 12.0. The van der Waals surface area contributed by atoms with Crippen molar-refractivity contribution in [1.29, 1.82) is 0 Å². The molecule has 0 bridgehead atoms. The van der Waals surface area contributed by atoms with Crippen LogP contribution in [0.1, 0.15) is 55.4 Å². The van der Waals surface area contributed by atoms with Gasteiger partial charge in [-0.25, -0.2) is 0 Å². The molecule has 0 fully saturated rings. The number of hydrogen-bond donors (Lipinski definition) is 0. The molecule has 1 aromatic carbocycles. The Labute approximate surface area is 164 Å². The van der Waals surface area contributed by atoms with Gasteiger partial charge in [-0.1, -0.05) is 0 Å². The standard InChI is InChI=1S/C19H33ClO2P.Pd/c1-9-21-15-11-16(22-10-2)13-17(12-15)23(14-20,18(3,4)5)19(6,7)8;/h11-14,23H,9-10H2,1-8H3;. The summed E-state index contributed by atoms with van der Waals surface area (Å²) in [5.41, 5.74) is 0. The van der Waals surface area contributed by atoms with Crippen molar-refractivity contribution in [3.63, 3.8) is 0 Å². The summed E-state index contributed by atoms with van der Waals surface area (Å²) >= 11 is 10.3. The van der Waals surface area contributed by atoms with Gasteiger partial charge in [0.05, 0.1) is 0 Å². The molecule has 1 unspecified atom stereocenters. The molecule has 143 valence electrons. The summed E-state index contributed by atoms with van der Waals surface area (Å²) in [6, 6.07) is 6.33. The van der Waals surface area contributed by atoms with Crippen molar-refractivity contribution in [2.75, 3.05) is 13.2 Å². The van der Waals surface area contributed by atoms with E-state index in [4.69, 9.17) is 21.1 Å². The predicted molar refractivity (Wildman–Crippen MR) is 106 cm³/mol. The van der Waals surface area contributed by atoms with Crippen LogP contribution in [0.15, 0.2) is 18.2 Å². The maximum absolute atomic E-state index is 6.88. The molecule has 0 aliphatic rings. The summed E-state index contributed by atoms with van der Waals surface area (Å²) in [5, 5.41) is 1.40. The molecule has 1 aromatic rings. The Hall–Kier alpha value is 0.202. The van der Waals surface area contributed by atoms with Crippen molar-refractivity contribution in [3.8, 4) is 11.5 Å². The Kier molecular flexibility index (Phi) is 7.66. The van der Waals surface area contributed by atoms with E-state index in [2.05, 4.69) is 72.9 Å². The molecular weight excluding hydrogens is 433 g/mol. The number of rotatable bonds is 6. The Morgan fingerprint density at radius 3 is 1.54 bits per heavy atom. The molecular formula is C19H33ClO2PPd. The third-order valence-electron chi connectivity index (χ3n) is 4.62. The van der Waals surface area contributed by atoms with Crippen molar-refractivity contribution >= 4 is 24.2 Å². The molecule has 5 heteroatoms. The van der Waals surface area contributed by atoms with Crippen LogP contribution in [0.25, 0.3) is 0 Å². The second kappa shape index (κ2) is 8.26. The van der Waals surface area contributed by atoms with Gasteiger partial charge in [-0.15, -0.1) is 0 Å². The molecule has 0 N–H and O–H groups in total. The summed E-state index contributed by atoms with van der Waals surface area (Å²) in [7, 11) is -2.23. The Morgan fingerprint density at radius 1 is 0.917 bits per heavy atom. The van der Waals surface area contributed by atoms with Gasteiger partial charge in [0.25, 0.3) is 0 Å². The Bertz CT molecular complexity index is 509. The first-order chi connectivity index (χ1) is 10.9. The summed E-state index contributed by atoms with van der Waals surface area (Å²) in [6.45, 7) is 19.1. The van der Waals surface area contributed by atoms with Crippen LogP contribution in [-0.4, -0.2) is 27.1 Å². The van der Waals surface area contributed by atoms with Crippen molar-refractivity contribution in [2.45, 2.75) is 69.3 Å². The second-order valence-corrected chi connectivity index (χ2v) is 16.9. The van der Waals surface area contributed by atoms with Crippen LogP contribution in [-0.2, 0) is 19.2 Å². The molecule has 0 spiro atoms. The number of alkyl halides is 1.